The van der Waals surface area contributed by atoms with Crippen molar-refractivity contribution in [2.75, 3.05) is 19.0 Å². The van der Waals surface area contributed by atoms with E-state index in [4.69, 9.17) is 14.2 Å². The summed E-state index contributed by atoms with van der Waals surface area (Å²) in [5, 5.41) is 12.3. The highest BCUT2D eigenvalue weighted by Gasteiger charge is 2.15. The molecule has 0 aromatic heterocycles. The summed E-state index contributed by atoms with van der Waals surface area (Å²) < 4.78 is 18.8. The highest BCUT2D eigenvalue weighted by Crippen LogP contribution is 2.35. The van der Waals surface area contributed by atoms with Gasteiger partial charge in [-0.2, -0.15) is 5.26 Å². The van der Waals surface area contributed by atoms with Crippen LogP contribution in [0.1, 0.15) is 18.1 Å². The molecule has 1 amide bonds. The number of halogens is 2. The predicted molar refractivity (Wildman–Crippen MR) is 144 cm³/mol. The Bertz CT molecular complexity index is 1220. The van der Waals surface area contributed by atoms with Gasteiger partial charge in [0.1, 0.15) is 24.0 Å². The van der Waals surface area contributed by atoms with Crippen LogP contribution in [0.3, 0.4) is 0 Å². The normalized spacial score (nSPS) is 10.9. The zero-order chi connectivity index (χ0) is 24.5. The molecule has 3 rings (SSSR count). The first-order valence-corrected chi connectivity index (χ1v) is 12.2. The Kier molecular flexibility index (Phi) is 9.36. The maximum absolute atomic E-state index is 12.7. The molecule has 0 aliphatic rings. The van der Waals surface area contributed by atoms with Gasteiger partial charge in [0.05, 0.1) is 17.3 Å². The molecule has 1 N–H and O–H groups in total. The van der Waals surface area contributed by atoms with E-state index in [0.29, 0.717) is 41.7 Å². The van der Waals surface area contributed by atoms with E-state index in [2.05, 4.69) is 43.8 Å². The molecule has 0 radical (unpaired) electrons. The van der Waals surface area contributed by atoms with E-state index >= 15 is 0 Å². The van der Waals surface area contributed by atoms with E-state index < -0.39 is 5.91 Å². The number of rotatable bonds is 9. The van der Waals surface area contributed by atoms with Gasteiger partial charge in [-0.05, 0) is 95.2 Å². The molecular formula is C26H22BrIN2O4. The zero-order valence-electron chi connectivity index (χ0n) is 18.6. The Morgan fingerprint density at radius 3 is 2.44 bits per heavy atom. The Morgan fingerprint density at radius 2 is 1.82 bits per heavy atom. The SMILES string of the molecule is CCOc1cc(/C=C(/C#N)C(=O)Nc2ccc(OC)cc2)cc(I)c1OCc1ccc(Br)cc1. The maximum atomic E-state index is 12.7. The first-order chi connectivity index (χ1) is 16.4. The number of anilines is 1. The van der Waals surface area contributed by atoms with Crippen LogP contribution in [0.4, 0.5) is 5.69 Å². The van der Waals surface area contributed by atoms with Crippen LogP contribution < -0.4 is 19.5 Å². The minimum absolute atomic E-state index is 0.0300. The fraction of sp³-hybridized carbons (Fsp3) is 0.154. The van der Waals surface area contributed by atoms with E-state index in [1.807, 2.05) is 43.3 Å². The van der Waals surface area contributed by atoms with Gasteiger partial charge in [0, 0.05) is 10.2 Å². The summed E-state index contributed by atoms with van der Waals surface area (Å²) in [5.41, 5.74) is 2.21. The number of carbonyl (C=O) groups excluding carboxylic acids is 1. The van der Waals surface area contributed by atoms with Crippen molar-refractivity contribution in [3.8, 4) is 23.3 Å². The molecule has 0 saturated carbocycles. The number of nitriles is 1. The molecular weight excluding hydrogens is 611 g/mol. The number of nitrogens with one attached hydrogen (secondary N) is 1. The molecule has 174 valence electrons. The molecule has 0 saturated heterocycles. The molecule has 8 heteroatoms. The molecule has 0 fully saturated rings. The van der Waals surface area contributed by atoms with Crippen molar-refractivity contribution >= 4 is 56.2 Å². The van der Waals surface area contributed by atoms with Crippen LogP contribution in [-0.2, 0) is 11.4 Å². The van der Waals surface area contributed by atoms with Crippen LogP contribution >= 0.6 is 38.5 Å². The lowest BCUT2D eigenvalue weighted by Gasteiger charge is -2.15. The fourth-order valence-corrected chi connectivity index (χ4v) is 4.04. The number of hydrogen-bond donors (Lipinski definition) is 1. The quantitative estimate of drug-likeness (QED) is 0.164. The van der Waals surface area contributed by atoms with Crippen molar-refractivity contribution in [2.24, 2.45) is 0 Å². The topological polar surface area (TPSA) is 80.6 Å². The number of nitrogens with zero attached hydrogens (tertiary/aromatic N) is 1. The van der Waals surface area contributed by atoms with Crippen LogP contribution in [0.15, 0.2) is 70.7 Å². The third kappa shape index (κ3) is 6.98. The van der Waals surface area contributed by atoms with Crippen LogP contribution in [0.5, 0.6) is 17.2 Å². The van der Waals surface area contributed by atoms with Gasteiger partial charge in [0.15, 0.2) is 11.5 Å². The molecule has 0 atom stereocenters. The standard InChI is InChI=1S/C26H22BrIN2O4/c1-3-33-24-14-18(13-23(28)25(24)34-16-17-4-6-20(27)7-5-17)12-19(15-29)26(31)30-21-8-10-22(32-2)11-9-21/h4-14H,3,16H2,1-2H3,(H,30,31)/b19-12-. The Labute approximate surface area is 220 Å². The summed E-state index contributed by atoms with van der Waals surface area (Å²) >= 11 is 5.59. The molecule has 3 aromatic rings. The van der Waals surface area contributed by atoms with Gasteiger partial charge in [-0.15, -0.1) is 0 Å². The van der Waals surface area contributed by atoms with Gasteiger partial charge in [0.2, 0.25) is 0 Å². The van der Waals surface area contributed by atoms with Gasteiger partial charge in [-0.1, -0.05) is 28.1 Å². The number of benzene rings is 3. The first-order valence-electron chi connectivity index (χ1n) is 10.3. The third-order valence-electron chi connectivity index (χ3n) is 4.65. The van der Waals surface area contributed by atoms with Crippen LogP contribution in [0.25, 0.3) is 6.08 Å². The molecule has 0 bridgehead atoms. The highest BCUT2D eigenvalue weighted by atomic mass is 127. The lowest BCUT2D eigenvalue weighted by molar-refractivity contribution is -0.112. The smallest absolute Gasteiger partial charge is 0.266 e. The van der Waals surface area contributed by atoms with Crippen molar-refractivity contribution < 1.29 is 19.0 Å². The van der Waals surface area contributed by atoms with Gasteiger partial charge < -0.3 is 19.5 Å². The monoisotopic (exact) mass is 632 g/mol. The molecule has 0 heterocycles. The number of methoxy groups -OCH3 is 1. The zero-order valence-corrected chi connectivity index (χ0v) is 22.3. The molecule has 0 spiro atoms. The van der Waals surface area contributed by atoms with E-state index in [-0.39, 0.29) is 5.57 Å². The van der Waals surface area contributed by atoms with Crippen molar-refractivity contribution in [1.82, 2.24) is 0 Å². The number of ether oxygens (including phenoxy) is 3. The minimum atomic E-state index is -0.504. The van der Waals surface area contributed by atoms with Crippen LogP contribution in [0.2, 0.25) is 0 Å². The predicted octanol–water partition coefficient (Wildman–Crippen LogP) is 6.59. The lowest BCUT2D eigenvalue weighted by atomic mass is 10.1. The summed E-state index contributed by atoms with van der Waals surface area (Å²) in [7, 11) is 1.57. The Morgan fingerprint density at radius 1 is 1.12 bits per heavy atom. The third-order valence-corrected chi connectivity index (χ3v) is 5.98. The molecule has 0 aliphatic carbocycles. The van der Waals surface area contributed by atoms with E-state index in [1.54, 1.807) is 37.4 Å². The molecule has 3 aromatic carbocycles. The molecule has 34 heavy (non-hydrogen) atoms. The summed E-state index contributed by atoms with van der Waals surface area (Å²) in [5.74, 6) is 1.33. The van der Waals surface area contributed by atoms with Crippen molar-refractivity contribution in [3.63, 3.8) is 0 Å². The highest BCUT2D eigenvalue weighted by molar-refractivity contribution is 14.1. The van der Waals surface area contributed by atoms with Crippen molar-refractivity contribution in [3.05, 3.63) is 85.4 Å². The van der Waals surface area contributed by atoms with Gasteiger partial charge in [0.25, 0.3) is 5.91 Å². The maximum Gasteiger partial charge on any atom is 0.266 e. The second kappa shape index (κ2) is 12.4. The summed E-state index contributed by atoms with van der Waals surface area (Å²) in [6, 6.07) is 20.3. The van der Waals surface area contributed by atoms with Gasteiger partial charge >= 0.3 is 0 Å². The first kappa shape index (κ1) is 25.6. The lowest BCUT2D eigenvalue weighted by Crippen LogP contribution is -2.13. The van der Waals surface area contributed by atoms with Gasteiger partial charge in [-0.3, -0.25) is 4.79 Å². The van der Waals surface area contributed by atoms with Crippen LogP contribution in [-0.4, -0.2) is 19.6 Å². The average molecular weight is 633 g/mol. The largest absolute Gasteiger partial charge is 0.497 e. The minimum Gasteiger partial charge on any atom is -0.497 e. The fourth-order valence-electron chi connectivity index (χ4n) is 3.00. The van der Waals surface area contributed by atoms with E-state index in [9.17, 15) is 10.1 Å². The van der Waals surface area contributed by atoms with Crippen molar-refractivity contribution in [2.45, 2.75) is 13.5 Å². The number of hydrogen-bond acceptors (Lipinski definition) is 5. The molecule has 0 aliphatic heterocycles. The summed E-state index contributed by atoms with van der Waals surface area (Å²) in [6.45, 7) is 2.71. The average Bonchev–Trinajstić information content (AvgIpc) is 2.83. The molecule has 0 unspecified atom stereocenters. The van der Waals surface area contributed by atoms with Crippen LogP contribution in [0, 0.1) is 14.9 Å². The Balaban J connectivity index is 1.81. The number of amides is 1. The Hall–Kier alpha value is -3.03. The van der Waals surface area contributed by atoms with Gasteiger partial charge in [-0.25, -0.2) is 0 Å². The second-order valence-corrected chi connectivity index (χ2v) is 9.11. The van der Waals surface area contributed by atoms with E-state index in [1.165, 1.54) is 6.08 Å². The van der Waals surface area contributed by atoms with E-state index in [0.717, 1.165) is 13.6 Å². The second-order valence-electron chi connectivity index (χ2n) is 7.03. The summed E-state index contributed by atoms with van der Waals surface area (Å²) in [4.78, 5) is 12.7. The van der Waals surface area contributed by atoms with Crippen molar-refractivity contribution in [1.29, 1.82) is 5.26 Å². The summed E-state index contributed by atoms with van der Waals surface area (Å²) in [6.07, 6.45) is 1.53. The molecule has 6 nitrogen and oxygen atoms in total. The number of carbonyl (C=O) groups is 1.